The number of thioether (sulfide) groups is 1. The van der Waals surface area contributed by atoms with Crippen molar-refractivity contribution in [1.82, 2.24) is 0 Å². The number of hydrogen-bond acceptors (Lipinski definition) is 3. The van der Waals surface area contributed by atoms with E-state index in [2.05, 4.69) is 55.6 Å². The van der Waals surface area contributed by atoms with Gasteiger partial charge in [0.2, 0.25) is 0 Å². The van der Waals surface area contributed by atoms with Crippen LogP contribution in [0.3, 0.4) is 0 Å². The van der Waals surface area contributed by atoms with Gasteiger partial charge in [-0.05, 0) is 61.1 Å². The standard InChI is InChI=1S/C24H33NOS.ClH/c1-17(2)27-23-15-11-21(12-16-23)24(26)18(3)25-22-13-9-20(10-14-22)19-7-5-4-6-8-19;/h9-19,24-26H,4-8H2,1-3H3;1H. The molecule has 0 aliphatic heterocycles. The molecule has 2 N–H and O–H groups in total. The fraction of sp³-hybridized carbons (Fsp3) is 0.500. The Balaban J connectivity index is 0.00000280. The van der Waals surface area contributed by atoms with Gasteiger partial charge >= 0.3 is 0 Å². The molecule has 2 aromatic rings. The first-order valence-electron chi connectivity index (χ1n) is 10.3. The average Bonchev–Trinajstić information content (AvgIpc) is 2.69. The normalized spacial score (nSPS) is 17.0. The molecule has 28 heavy (non-hydrogen) atoms. The first-order chi connectivity index (χ1) is 13.0. The summed E-state index contributed by atoms with van der Waals surface area (Å²) >= 11 is 1.85. The lowest BCUT2D eigenvalue weighted by Gasteiger charge is -2.24. The summed E-state index contributed by atoms with van der Waals surface area (Å²) in [7, 11) is 0. The van der Waals surface area contributed by atoms with Crippen molar-refractivity contribution in [2.45, 2.75) is 81.1 Å². The number of halogens is 1. The molecule has 154 valence electrons. The van der Waals surface area contributed by atoms with Crippen molar-refractivity contribution in [2.75, 3.05) is 5.32 Å². The van der Waals surface area contributed by atoms with Gasteiger partial charge in [0.15, 0.2) is 0 Å². The number of nitrogens with one attached hydrogen (secondary N) is 1. The van der Waals surface area contributed by atoms with Gasteiger partial charge < -0.3 is 10.4 Å². The minimum atomic E-state index is -0.527. The Kier molecular flexibility index (Phi) is 9.20. The highest BCUT2D eigenvalue weighted by atomic mass is 35.5. The van der Waals surface area contributed by atoms with Crippen LogP contribution in [0.2, 0.25) is 0 Å². The largest absolute Gasteiger partial charge is 0.386 e. The SMILES string of the molecule is CC(C)Sc1ccc(C(O)C(C)Nc2ccc(C3CCCCC3)cc2)cc1.Cl. The van der Waals surface area contributed by atoms with E-state index in [0.29, 0.717) is 5.25 Å². The highest BCUT2D eigenvalue weighted by Crippen LogP contribution is 2.33. The third-order valence-electron chi connectivity index (χ3n) is 5.45. The third-order valence-corrected chi connectivity index (χ3v) is 6.46. The lowest BCUT2D eigenvalue weighted by molar-refractivity contribution is 0.160. The van der Waals surface area contributed by atoms with E-state index in [-0.39, 0.29) is 18.4 Å². The summed E-state index contributed by atoms with van der Waals surface area (Å²) in [5.74, 6) is 0.734. The average molecular weight is 420 g/mol. The Morgan fingerprint density at radius 1 is 0.893 bits per heavy atom. The quantitative estimate of drug-likeness (QED) is 0.465. The Morgan fingerprint density at radius 2 is 1.50 bits per heavy atom. The van der Waals surface area contributed by atoms with Gasteiger partial charge in [-0.3, -0.25) is 0 Å². The molecule has 0 bridgehead atoms. The lowest BCUT2D eigenvalue weighted by atomic mass is 9.84. The zero-order valence-corrected chi connectivity index (χ0v) is 18.9. The maximum atomic E-state index is 10.7. The molecule has 2 nitrogen and oxygen atoms in total. The summed E-state index contributed by atoms with van der Waals surface area (Å²) in [6.45, 7) is 6.43. The third kappa shape index (κ3) is 6.43. The van der Waals surface area contributed by atoms with Crippen molar-refractivity contribution < 1.29 is 5.11 Å². The maximum Gasteiger partial charge on any atom is 0.0988 e. The summed E-state index contributed by atoms with van der Waals surface area (Å²) in [6.07, 6.45) is 6.24. The molecule has 2 atom stereocenters. The second kappa shape index (κ2) is 11.1. The number of hydrogen-bond donors (Lipinski definition) is 2. The van der Waals surface area contributed by atoms with Crippen LogP contribution >= 0.6 is 24.2 Å². The zero-order chi connectivity index (χ0) is 19.2. The summed E-state index contributed by atoms with van der Waals surface area (Å²) in [5.41, 5.74) is 3.50. The van der Waals surface area contributed by atoms with Crippen molar-refractivity contribution in [3.63, 3.8) is 0 Å². The monoisotopic (exact) mass is 419 g/mol. The van der Waals surface area contributed by atoms with Gasteiger partial charge in [0.1, 0.15) is 0 Å². The van der Waals surface area contributed by atoms with Crippen LogP contribution in [0.4, 0.5) is 5.69 Å². The van der Waals surface area contributed by atoms with Crippen molar-refractivity contribution in [2.24, 2.45) is 0 Å². The van der Waals surface area contributed by atoms with E-state index in [1.165, 1.54) is 42.6 Å². The van der Waals surface area contributed by atoms with Gasteiger partial charge in [0.25, 0.3) is 0 Å². The number of benzene rings is 2. The molecule has 0 saturated heterocycles. The highest BCUT2D eigenvalue weighted by Gasteiger charge is 2.18. The first-order valence-corrected chi connectivity index (χ1v) is 11.2. The van der Waals surface area contributed by atoms with Crippen LogP contribution in [0.1, 0.15) is 76.0 Å². The molecule has 0 amide bonds. The number of anilines is 1. The lowest BCUT2D eigenvalue weighted by Crippen LogP contribution is -2.24. The Hall–Kier alpha value is -1.16. The molecule has 1 aliphatic rings. The molecule has 0 heterocycles. The van der Waals surface area contributed by atoms with Crippen molar-refractivity contribution in [1.29, 1.82) is 0 Å². The second-order valence-electron chi connectivity index (χ2n) is 8.07. The summed E-state index contributed by atoms with van der Waals surface area (Å²) in [5, 5.41) is 14.7. The van der Waals surface area contributed by atoms with Crippen molar-refractivity contribution in [3.8, 4) is 0 Å². The zero-order valence-electron chi connectivity index (χ0n) is 17.2. The molecular weight excluding hydrogens is 386 g/mol. The number of aliphatic hydroxyl groups excluding tert-OH is 1. The van der Waals surface area contributed by atoms with E-state index in [0.717, 1.165) is 17.2 Å². The van der Waals surface area contributed by atoms with Crippen molar-refractivity contribution >= 4 is 29.9 Å². The predicted octanol–water partition coefficient (Wildman–Crippen LogP) is 7.19. The molecule has 1 aliphatic carbocycles. The van der Waals surface area contributed by atoms with E-state index in [1.54, 1.807) is 0 Å². The number of aliphatic hydroxyl groups is 1. The summed E-state index contributed by atoms with van der Waals surface area (Å²) < 4.78 is 0. The van der Waals surface area contributed by atoms with Crippen LogP contribution in [0.25, 0.3) is 0 Å². The summed E-state index contributed by atoms with van der Waals surface area (Å²) in [4.78, 5) is 1.25. The fourth-order valence-corrected chi connectivity index (χ4v) is 4.77. The summed E-state index contributed by atoms with van der Waals surface area (Å²) in [6, 6.07) is 17.1. The molecule has 2 unspecified atom stereocenters. The first kappa shape index (κ1) is 23.1. The molecule has 3 rings (SSSR count). The van der Waals surface area contributed by atoms with E-state index in [9.17, 15) is 5.11 Å². The van der Waals surface area contributed by atoms with Gasteiger partial charge in [0, 0.05) is 15.8 Å². The van der Waals surface area contributed by atoms with Gasteiger partial charge in [-0.1, -0.05) is 57.4 Å². The fourth-order valence-electron chi connectivity index (χ4n) is 3.93. The molecule has 2 aromatic carbocycles. The molecule has 0 radical (unpaired) electrons. The molecule has 1 fully saturated rings. The van der Waals surface area contributed by atoms with Gasteiger partial charge in [0.05, 0.1) is 12.1 Å². The van der Waals surface area contributed by atoms with Crippen LogP contribution in [0.15, 0.2) is 53.4 Å². The van der Waals surface area contributed by atoms with E-state index in [1.807, 2.05) is 30.8 Å². The minimum Gasteiger partial charge on any atom is -0.386 e. The van der Waals surface area contributed by atoms with Crippen LogP contribution < -0.4 is 5.32 Å². The van der Waals surface area contributed by atoms with E-state index in [4.69, 9.17) is 0 Å². The molecule has 0 aromatic heterocycles. The predicted molar refractivity (Wildman–Crippen MR) is 125 cm³/mol. The van der Waals surface area contributed by atoms with Gasteiger partial charge in [-0.2, -0.15) is 0 Å². The van der Waals surface area contributed by atoms with Gasteiger partial charge in [-0.25, -0.2) is 0 Å². The van der Waals surface area contributed by atoms with Gasteiger partial charge in [-0.15, -0.1) is 24.2 Å². The molecule has 1 saturated carbocycles. The number of rotatable bonds is 7. The topological polar surface area (TPSA) is 32.3 Å². The van der Waals surface area contributed by atoms with Crippen LogP contribution in [0, 0.1) is 0 Å². The Labute approximate surface area is 180 Å². The van der Waals surface area contributed by atoms with Crippen molar-refractivity contribution in [3.05, 3.63) is 59.7 Å². The molecular formula is C24H34ClNOS. The van der Waals surface area contributed by atoms with E-state index < -0.39 is 6.10 Å². The maximum absolute atomic E-state index is 10.7. The van der Waals surface area contributed by atoms with Crippen LogP contribution in [-0.2, 0) is 0 Å². The Bertz CT molecular complexity index is 696. The smallest absolute Gasteiger partial charge is 0.0988 e. The molecule has 0 spiro atoms. The second-order valence-corrected chi connectivity index (χ2v) is 9.72. The Morgan fingerprint density at radius 3 is 2.07 bits per heavy atom. The van der Waals surface area contributed by atoms with Crippen LogP contribution in [-0.4, -0.2) is 16.4 Å². The van der Waals surface area contributed by atoms with Crippen LogP contribution in [0.5, 0.6) is 0 Å². The van der Waals surface area contributed by atoms with E-state index >= 15 is 0 Å². The minimum absolute atomic E-state index is 0. The highest BCUT2D eigenvalue weighted by molar-refractivity contribution is 7.99. The molecule has 4 heteroatoms.